The summed E-state index contributed by atoms with van der Waals surface area (Å²) in [7, 11) is 0. The number of hydrogen-bond acceptors (Lipinski definition) is 2. The molecule has 2 rings (SSSR count). The lowest BCUT2D eigenvalue weighted by atomic mass is 10.0. The van der Waals surface area contributed by atoms with Crippen molar-refractivity contribution in [3.8, 4) is 0 Å². The van der Waals surface area contributed by atoms with Crippen LogP contribution in [0, 0.1) is 0 Å². The van der Waals surface area contributed by atoms with Crippen LogP contribution >= 0.6 is 0 Å². The number of nitrogens with two attached hydrogens (primary N) is 1. The van der Waals surface area contributed by atoms with Crippen molar-refractivity contribution in [3.05, 3.63) is 53.2 Å². The normalized spacial score (nSPS) is 12.7. The molecule has 0 fully saturated rings. The van der Waals surface area contributed by atoms with E-state index in [4.69, 9.17) is 5.73 Å². The molecule has 1 aromatic heterocycles. The van der Waals surface area contributed by atoms with Crippen molar-refractivity contribution in [2.75, 3.05) is 0 Å². The maximum absolute atomic E-state index is 13.2. The van der Waals surface area contributed by atoms with Crippen molar-refractivity contribution < 1.29 is 4.39 Å². The molecule has 116 valence electrons. The molecular formula is C17H21FN4. The number of halogens is 1. The molecule has 0 atom stereocenters. The summed E-state index contributed by atoms with van der Waals surface area (Å²) >= 11 is 0. The summed E-state index contributed by atoms with van der Waals surface area (Å²) in [5.41, 5.74) is 8.99. The second-order valence-electron chi connectivity index (χ2n) is 5.13. The van der Waals surface area contributed by atoms with Gasteiger partial charge in [-0.15, -0.1) is 0 Å². The highest BCUT2D eigenvalue weighted by molar-refractivity contribution is 5.65. The minimum absolute atomic E-state index is 0.158. The molecular weight excluding hydrogens is 279 g/mol. The van der Waals surface area contributed by atoms with Gasteiger partial charge in [-0.3, -0.25) is 0 Å². The maximum Gasteiger partial charge on any atom is 0.157 e. The lowest BCUT2D eigenvalue weighted by Gasteiger charge is -2.08. The predicted molar refractivity (Wildman–Crippen MR) is 88.9 cm³/mol. The monoisotopic (exact) mass is 300 g/mol. The Balaban J connectivity index is 2.25. The molecule has 0 bridgehead atoms. The molecule has 0 saturated heterocycles. The Hall–Kier alpha value is -2.43. The third kappa shape index (κ3) is 3.42. The second-order valence-corrected chi connectivity index (χ2v) is 5.13. The molecule has 22 heavy (non-hydrogen) atoms. The third-order valence-electron chi connectivity index (χ3n) is 3.67. The van der Waals surface area contributed by atoms with E-state index in [2.05, 4.69) is 9.98 Å². The molecule has 0 aliphatic carbocycles. The molecule has 0 aliphatic heterocycles. The molecule has 0 radical (unpaired) electrons. The molecule has 0 amide bonds. The van der Waals surface area contributed by atoms with Crippen molar-refractivity contribution in [1.82, 2.24) is 9.55 Å². The minimum Gasteiger partial charge on any atom is -0.390 e. The first kappa shape index (κ1) is 15.9. The van der Waals surface area contributed by atoms with Crippen molar-refractivity contribution in [1.29, 1.82) is 0 Å². The van der Waals surface area contributed by atoms with Crippen molar-refractivity contribution in [2.24, 2.45) is 10.7 Å². The van der Waals surface area contributed by atoms with Crippen LogP contribution in [0.15, 0.2) is 41.4 Å². The summed E-state index contributed by atoms with van der Waals surface area (Å²) in [4.78, 5) is 8.55. The van der Waals surface area contributed by atoms with Crippen LogP contribution in [0.25, 0.3) is 5.57 Å². The van der Waals surface area contributed by atoms with Crippen LogP contribution < -0.4 is 5.73 Å². The number of rotatable bonds is 5. The van der Waals surface area contributed by atoms with Crippen LogP contribution in [0.4, 0.5) is 10.2 Å². The standard InChI is InChI=1S/C17H21FN4/c1-4-16-17(20-10-19)22(11-21-16)9-14-5-7-15(8-6-14)12(2)13(3)18/h5-8,10-11H,4,9H2,1-3H3,(H2,19,20)/b13-12-. The highest BCUT2D eigenvalue weighted by Crippen LogP contribution is 2.22. The Labute approximate surface area is 130 Å². The molecule has 0 aliphatic rings. The number of aromatic nitrogens is 2. The first-order valence-corrected chi connectivity index (χ1v) is 7.27. The summed E-state index contributed by atoms with van der Waals surface area (Å²) in [6.07, 6.45) is 3.86. The summed E-state index contributed by atoms with van der Waals surface area (Å²) in [5, 5.41) is 0. The molecule has 0 spiro atoms. The van der Waals surface area contributed by atoms with Gasteiger partial charge in [-0.1, -0.05) is 31.2 Å². The molecule has 2 N–H and O–H groups in total. The molecule has 2 aromatic rings. The van der Waals surface area contributed by atoms with E-state index in [0.717, 1.165) is 29.1 Å². The first-order valence-electron chi connectivity index (χ1n) is 7.27. The van der Waals surface area contributed by atoms with Gasteiger partial charge in [0, 0.05) is 0 Å². The van der Waals surface area contributed by atoms with Crippen LogP contribution in [0.1, 0.15) is 37.6 Å². The van der Waals surface area contributed by atoms with Crippen LogP contribution in [0.2, 0.25) is 0 Å². The van der Waals surface area contributed by atoms with Gasteiger partial charge < -0.3 is 10.3 Å². The summed E-state index contributed by atoms with van der Waals surface area (Å²) in [5.74, 6) is 0.624. The third-order valence-corrected chi connectivity index (χ3v) is 3.67. The van der Waals surface area contributed by atoms with Gasteiger partial charge in [0.25, 0.3) is 0 Å². The minimum atomic E-state index is -0.158. The van der Waals surface area contributed by atoms with E-state index in [-0.39, 0.29) is 5.83 Å². The quantitative estimate of drug-likeness (QED) is 0.674. The molecule has 5 heteroatoms. The van der Waals surface area contributed by atoms with Crippen LogP contribution in [0.5, 0.6) is 0 Å². The summed E-state index contributed by atoms with van der Waals surface area (Å²) in [6.45, 7) is 5.93. The Morgan fingerprint density at radius 1 is 1.32 bits per heavy atom. The Kier molecular flexibility index (Phi) is 5.09. The van der Waals surface area contributed by atoms with Crippen LogP contribution in [-0.2, 0) is 13.0 Å². The van der Waals surface area contributed by atoms with E-state index >= 15 is 0 Å². The van der Waals surface area contributed by atoms with Gasteiger partial charge in [-0.05, 0) is 37.0 Å². The molecule has 1 heterocycles. The second kappa shape index (κ2) is 7.02. The van der Waals surface area contributed by atoms with Gasteiger partial charge in [0.2, 0.25) is 0 Å². The fraction of sp³-hybridized carbons (Fsp3) is 0.294. The fourth-order valence-electron chi connectivity index (χ4n) is 2.26. The average molecular weight is 300 g/mol. The number of benzene rings is 1. The Morgan fingerprint density at radius 3 is 2.55 bits per heavy atom. The van der Waals surface area contributed by atoms with Crippen molar-refractivity contribution in [3.63, 3.8) is 0 Å². The van der Waals surface area contributed by atoms with E-state index < -0.39 is 0 Å². The Morgan fingerprint density at radius 2 is 2.00 bits per heavy atom. The zero-order valence-corrected chi connectivity index (χ0v) is 13.2. The predicted octanol–water partition coefficient (Wildman–Crippen LogP) is 3.83. The lowest BCUT2D eigenvalue weighted by Crippen LogP contribution is -1.99. The number of nitrogens with zero attached hydrogens (tertiary/aromatic N) is 3. The number of aryl methyl sites for hydroxylation is 1. The Bertz CT molecular complexity index is 692. The topological polar surface area (TPSA) is 56.2 Å². The zero-order chi connectivity index (χ0) is 16.1. The molecule has 0 saturated carbocycles. The molecule has 4 nitrogen and oxygen atoms in total. The van der Waals surface area contributed by atoms with Crippen molar-refractivity contribution >= 4 is 17.7 Å². The largest absolute Gasteiger partial charge is 0.390 e. The zero-order valence-electron chi connectivity index (χ0n) is 13.2. The molecule has 0 unspecified atom stereocenters. The number of aliphatic imine (C=N–C) groups is 1. The average Bonchev–Trinajstić information content (AvgIpc) is 2.89. The first-order chi connectivity index (χ1) is 10.6. The number of hydrogen-bond donors (Lipinski definition) is 1. The summed E-state index contributed by atoms with van der Waals surface area (Å²) < 4.78 is 15.2. The van der Waals surface area contributed by atoms with E-state index in [1.165, 1.54) is 13.3 Å². The maximum atomic E-state index is 13.2. The SMILES string of the molecule is CCc1ncn(Cc2ccc(/C(C)=C(/C)F)cc2)c1/N=C\N. The van der Waals surface area contributed by atoms with Gasteiger partial charge in [0.15, 0.2) is 5.82 Å². The van der Waals surface area contributed by atoms with Crippen LogP contribution in [-0.4, -0.2) is 15.9 Å². The van der Waals surface area contributed by atoms with E-state index in [1.807, 2.05) is 35.8 Å². The van der Waals surface area contributed by atoms with Gasteiger partial charge in [0.05, 0.1) is 24.9 Å². The molecule has 1 aromatic carbocycles. The number of allylic oxidation sites excluding steroid dienone is 2. The highest BCUT2D eigenvalue weighted by atomic mass is 19.1. The van der Waals surface area contributed by atoms with E-state index in [0.29, 0.717) is 12.1 Å². The van der Waals surface area contributed by atoms with Crippen molar-refractivity contribution in [2.45, 2.75) is 33.7 Å². The highest BCUT2D eigenvalue weighted by Gasteiger charge is 2.09. The van der Waals surface area contributed by atoms with E-state index in [1.54, 1.807) is 13.3 Å². The van der Waals surface area contributed by atoms with Gasteiger partial charge in [0.1, 0.15) is 5.83 Å². The van der Waals surface area contributed by atoms with Gasteiger partial charge >= 0.3 is 0 Å². The van der Waals surface area contributed by atoms with Gasteiger partial charge in [-0.2, -0.15) is 0 Å². The van der Waals surface area contributed by atoms with Gasteiger partial charge in [-0.25, -0.2) is 14.4 Å². The fourth-order valence-corrected chi connectivity index (χ4v) is 2.26. The lowest BCUT2D eigenvalue weighted by molar-refractivity contribution is 0.643. The van der Waals surface area contributed by atoms with E-state index in [9.17, 15) is 4.39 Å². The summed E-state index contributed by atoms with van der Waals surface area (Å²) in [6, 6.07) is 7.83. The smallest absolute Gasteiger partial charge is 0.157 e. The number of imidazole rings is 1. The van der Waals surface area contributed by atoms with Crippen LogP contribution in [0.3, 0.4) is 0 Å².